The minimum Gasteiger partial charge on any atom is -0.394 e. The molecule has 0 aliphatic heterocycles. The van der Waals surface area contributed by atoms with E-state index in [1.807, 2.05) is 0 Å². The Morgan fingerprint density at radius 2 is 1.35 bits per heavy atom. The van der Waals surface area contributed by atoms with Crippen LogP contribution in [0, 0.1) is 0 Å². The van der Waals surface area contributed by atoms with Crippen LogP contribution < -0.4 is 5.73 Å². The molecule has 4 N–H and O–H groups in total. The molecule has 0 radical (unpaired) electrons. The molecule has 0 fully saturated rings. The highest BCUT2D eigenvalue weighted by atomic mass is 28.3. The molecular weight excluding hydrogens is 266 g/mol. The van der Waals surface area contributed by atoms with E-state index < -0.39 is 13.6 Å². The van der Waals surface area contributed by atoms with Gasteiger partial charge in [0.05, 0.1) is 18.8 Å². The van der Waals surface area contributed by atoms with E-state index in [0.29, 0.717) is 0 Å². The first-order valence-corrected chi connectivity index (χ1v) is 11.8. The Morgan fingerprint density at radius 1 is 0.850 bits per heavy atom. The third-order valence-corrected chi connectivity index (χ3v) is 7.78. The highest BCUT2D eigenvalue weighted by Gasteiger charge is 2.25. The van der Waals surface area contributed by atoms with Crippen molar-refractivity contribution in [2.24, 2.45) is 5.73 Å². The van der Waals surface area contributed by atoms with Gasteiger partial charge in [-0.1, -0.05) is 77.1 Å². The summed E-state index contributed by atoms with van der Waals surface area (Å²) in [5, 5.41) is 18.4. The Bertz CT molecular complexity index is 231. The maximum Gasteiger partial charge on any atom is 0.0633 e. The summed E-state index contributed by atoms with van der Waals surface area (Å²) in [6, 6.07) is 2.65. The van der Waals surface area contributed by atoms with Crippen LogP contribution in [-0.4, -0.2) is 37.0 Å². The van der Waals surface area contributed by atoms with Gasteiger partial charge in [0.15, 0.2) is 0 Å². The third-order valence-electron chi connectivity index (χ3n) is 4.37. The van der Waals surface area contributed by atoms with Crippen molar-refractivity contribution >= 4 is 8.07 Å². The number of aliphatic hydroxyl groups excluding tert-OH is 2. The molecule has 0 spiro atoms. The number of aliphatic hydroxyl groups is 2. The van der Waals surface area contributed by atoms with Gasteiger partial charge >= 0.3 is 0 Å². The van der Waals surface area contributed by atoms with Crippen molar-refractivity contribution in [3.8, 4) is 0 Å². The molecular formula is C16H37NO2Si. The van der Waals surface area contributed by atoms with E-state index in [9.17, 15) is 10.2 Å². The summed E-state index contributed by atoms with van der Waals surface area (Å²) < 4.78 is 0. The van der Waals surface area contributed by atoms with Crippen molar-refractivity contribution in [2.75, 3.05) is 13.2 Å². The van der Waals surface area contributed by atoms with E-state index in [-0.39, 0.29) is 13.2 Å². The molecule has 0 unspecified atom stereocenters. The molecule has 0 bridgehead atoms. The van der Waals surface area contributed by atoms with Crippen molar-refractivity contribution < 1.29 is 10.2 Å². The smallest absolute Gasteiger partial charge is 0.0633 e. The Balaban J connectivity index is 3.73. The molecule has 0 saturated carbocycles. The van der Waals surface area contributed by atoms with Gasteiger partial charge in [-0.25, -0.2) is 0 Å². The van der Waals surface area contributed by atoms with Crippen LogP contribution in [-0.2, 0) is 0 Å². The fourth-order valence-corrected chi connectivity index (χ4v) is 5.23. The van der Waals surface area contributed by atoms with Gasteiger partial charge in [0.1, 0.15) is 0 Å². The zero-order chi connectivity index (χ0) is 15.5. The van der Waals surface area contributed by atoms with Crippen LogP contribution in [0.25, 0.3) is 0 Å². The average molecular weight is 304 g/mol. The van der Waals surface area contributed by atoms with Gasteiger partial charge in [0, 0.05) is 8.07 Å². The Kier molecular flexibility index (Phi) is 10.8. The normalized spacial score (nSPS) is 12.9. The Labute approximate surface area is 127 Å². The molecule has 4 heteroatoms. The highest BCUT2D eigenvalue weighted by Crippen LogP contribution is 2.24. The molecule has 0 rings (SSSR count). The van der Waals surface area contributed by atoms with Gasteiger partial charge in [-0.2, -0.15) is 0 Å². The molecule has 0 aliphatic rings. The van der Waals surface area contributed by atoms with Crippen LogP contribution in [0.5, 0.6) is 0 Å². The number of nitrogens with two attached hydrogens (primary N) is 1. The quantitative estimate of drug-likeness (QED) is 0.360. The second kappa shape index (κ2) is 10.8. The number of hydrogen-bond acceptors (Lipinski definition) is 3. The molecule has 3 nitrogen and oxygen atoms in total. The summed E-state index contributed by atoms with van der Waals surface area (Å²) in [6.07, 6.45) is 9.99. The first kappa shape index (κ1) is 20.1. The molecule has 0 aromatic rings. The summed E-state index contributed by atoms with van der Waals surface area (Å²) in [5.74, 6) is 0. The lowest BCUT2D eigenvalue weighted by Gasteiger charge is -2.27. The zero-order valence-electron chi connectivity index (χ0n) is 14.0. The van der Waals surface area contributed by atoms with Gasteiger partial charge in [0.25, 0.3) is 0 Å². The fraction of sp³-hybridized carbons (Fsp3) is 1.00. The van der Waals surface area contributed by atoms with E-state index in [2.05, 4.69) is 20.0 Å². The largest absolute Gasteiger partial charge is 0.394 e. The van der Waals surface area contributed by atoms with Crippen LogP contribution in [0.1, 0.15) is 58.3 Å². The molecule has 0 heterocycles. The molecule has 0 aliphatic carbocycles. The number of rotatable bonds is 13. The minimum atomic E-state index is -1.12. The van der Waals surface area contributed by atoms with Crippen LogP contribution in [0.15, 0.2) is 0 Å². The summed E-state index contributed by atoms with van der Waals surface area (Å²) in [5.41, 5.74) is 5.14. The van der Waals surface area contributed by atoms with E-state index in [1.54, 1.807) is 0 Å². The second-order valence-electron chi connectivity index (χ2n) is 7.21. The summed E-state index contributed by atoms with van der Waals surface area (Å²) in [7, 11) is -1.12. The van der Waals surface area contributed by atoms with Crippen molar-refractivity contribution in [2.45, 2.75) is 89.0 Å². The highest BCUT2D eigenvalue weighted by molar-refractivity contribution is 6.77. The number of hydrogen-bond donors (Lipinski definition) is 3. The fourth-order valence-electron chi connectivity index (χ4n) is 2.64. The lowest BCUT2D eigenvalue weighted by Crippen LogP contribution is -2.47. The monoisotopic (exact) mass is 303 g/mol. The summed E-state index contributed by atoms with van der Waals surface area (Å²) >= 11 is 0. The van der Waals surface area contributed by atoms with Gasteiger partial charge in [-0.15, -0.1) is 0 Å². The van der Waals surface area contributed by atoms with Gasteiger partial charge in [-0.3, -0.25) is 0 Å². The predicted molar refractivity (Wildman–Crippen MR) is 90.8 cm³/mol. The first-order chi connectivity index (χ1) is 9.39. The molecule has 20 heavy (non-hydrogen) atoms. The van der Waals surface area contributed by atoms with Crippen molar-refractivity contribution in [3.63, 3.8) is 0 Å². The van der Waals surface area contributed by atoms with E-state index in [0.717, 1.165) is 12.8 Å². The average Bonchev–Trinajstić information content (AvgIpc) is 2.42. The topological polar surface area (TPSA) is 66.5 Å². The van der Waals surface area contributed by atoms with E-state index in [1.165, 1.54) is 50.6 Å². The van der Waals surface area contributed by atoms with E-state index >= 15 is 0 Å². The molecule has 0 saturated heterocycles. The van der Waals surface area contributed by atoms with Crippen molar-refractivity contribution in [3.05, 3.63) is 0 Å². The van der Waals surface area contributed by atoms with Gasteiger partial charge < -0.3 is 15.9 Å². The third kappa shape index (κ3) is 9.92. The lowest BCUT2D eigenvalue weighted by atomic mass is 9.97. The lowest BCUT2D eigenvalue weighted by molar-refractivity contribution is 0.114. The van der Waals surface area contributed by atoms with Crippen LogP contribution in [0.4, 0.5) is 0 Å². The molecule has 0 amide bonds. The molecule has 0 aromatic carbocycles. The number of unbranched alkanes of at least 4 members (excludes halogenated alkanes) is 5. The summed E-state index contributed by atoms with van der Waals surface area (Å²) in [4.78, 5) is 0. The van der Waals surface area contributed by atoms with E-state index in [4.69, 9.17) is 5.73 Å². The second-order valence-corrected chi connectivity index (χ2v) is 12.5. The van der Waals surface area contributed by atoms with Crippen LogP contribution in [0.2, 0.25) is 25.2 Å². The molecule has 0 atom stereocenters. The van der Waals surface area contributed by atoms with Crippen molar-refractivity contribution in [1.29, 1.82) is 0 Å². The Morgan fingerprint density at radius 3 is 1.90 bits per heavy atom. The van der Waals surface area contributed by atoms with Gasteiger partial charge in [-0.05, 0) is 6.42 Å². The maximum atomic E-state index is 9.19. The van der Waals surface area contributed by atoms with Crippen molar-refractivity contribution in [1.82, 2.24) is 0 Å². The van der Waals surface area contributed by atoms with Crippen LogP contribution >= 0.6 is 0 Å². The summed E-state index contributed by atoms with van der Waals surface area (Å²) in [6.45, 7) is 6.92. The standard InChI is InChI=1S/C16H37NO2Si/c1-4-5-6-7-8-9-12-20(2,3)13-10-11-16(17,14-18)15-19/h18-19H,4-15,17H2,1-3H3. The Hall–Kier alpha value is 0.0969. The SMILES string of the molecule is CCCCCCCC[Si](C)(C)CCCC(N)(CO)CO. The van der Waals surface area contributed by atoms with Gasteiger partial charge in [0.2, 0.25) is 0 Å². The minimum absolute atomic E-state index is 0.122. The zero-order valence-corrected chi connectivity index (χ0v) is 15.0. The first-order valence-electron chi connectivity index (χ1n) is 8.40. The van der Waals surface area contributed by atoms with Crippen LogP contribution in [0.3, 0.4) is 0 Å². The molecule has 0 aromatic heterocycles. The molecule has 122 valence electrons. The maximum absolute atomic E-state index is 9.19. The predicted octanol–water partition coefficient (Wildman–Crippen LogP) is 3.52.